The van der Waals surface area contributed by atoms with Gasteiger partial charge in [0, 0.05) is 19.4 Å². The lowest BCUT2D eigenvalue weighted by molar-refractivity contribution is -0.143. The highest BCUT2D eigenvalue weighted by atomic mass is 16.5. The normalized spacial score (nSPS) is 16.5. The van der Waals surface area contributed by atoms with Crippen LogP contribution in [0.2, 0.25) is 6.82 Å². The number of carbonyl (C=O) groups is 1. The molecule has 1 aliphatic rings. The Morgan fingerprint density at radius 2 is 1.73 bits per heavy atom. The van der Waals surface area contributed by atoms with Gasteiger partial charge in [-0.25, -0.2) is 4.98 Å². The number of fused-ring (bicyclic) bond motifs is 1. The fourth-order valence-corrected chi connectivity index (χ4v) is 5.58. The van der Waals surface area contributed by atoms with E-state index in [2.05, 4.69) is 51.6 Å². The smallest absolute Gasteiger partial charge is 0.306 e. The summed E-state index contributed by atoms with van der Waals surface area (Å²) in [6, 6.07) is 12.9. The summed E-state index contributed by atoms with van der Waals surface area (Å²) in [5, 5.41) is 0. The van der Waals surface area contributed by atoms with Crippen molar-refractivity contribution < 1.29 is 14.3 Å². The molecule has 4 rings (SSSR count). The van der Waals surface area contributed by atoms with Crippen LogP contribution < -0.4 is 10.2 Å². The van der Waals surface area contributed by atoms with Gasteiger partial charge in [0.25, 0.3) is 0 Å². The maximum absolute atomic E-state index is 12.3. The average molecular weight is 500 g/mol. The molecule has 0 saturated heterocycles. The van der Waals surface area contributed by atoms with Crippen molar-refractivity contribution in [1.82, 2.24) is 9.55 Å². The molecular weight excluding hydrogens is 459 g/mol. The Hall–Kier alpha value is -3.02. The van der Waals surface area contributed by atoms with E-state index in [0.29, 0.717) is 13.2 Å². The number of ether oxygens (including phenoxy) is 2. The number of esters is 1. The molecule has 0 bridgehead atoms. The highest BCUT2D eigenvalue weighted by Gasteiger charge is 2.37. The van der Waals surface area contributed by atoms with Gasteiger partial charge in [0.15, 0.2) is 7.28 Å². The van der Waals surface area contributed by atoms with Crippen molar-refractivity contribution in [3.63, 3.8) is 0 Å². The fourth-order valence-electron chi connectivity index (χ4n) is 5.58. The highest BCUT2D eigenvalue weighted by molar-refractivity contribution is 6.52. The van der Waals surface area contributed by atoms with Crippen molar-refractivity contribution in [2.45, 2.75) is 84.1 Å². The molecule has 196 valence electrons. The molecule has 1 aromatic heterocycles. The first-order valence-corrected chi connectivity index (χ1v) is 13.6. The number of rotatable bonds is 9. The minimum atomic E-state index is -0.221. The maximum atomic E-state index is 12.3. The van der Waals surface area contributed by atoms with E-state index in [9.17, 15) is 4.79 Å². The molecule has 1 heterocycles. The summed E-state index contributed by atoms with van der Waals surface area (Å²) < 4.78 is 13.5. The van der Waals surface area contributed by atoms with Crippen molar-refractivity contribution in [3.8, 4) is 5.75 Å². The predicted molar refractivity (Wildman–Crippen MR) is 151 cm³/mol. The Morgan fingerprint density at radius 3 is 2.30 bits per heavy atom. The van der Waals surface area contributed by atoms with Crippen LogP contribution in [0, 0.1) is 0 Å². The minimum Gasteiger partial charge on any atom is -0.489 e. The van der Waals surface area contributed by atoms with E-state index < -0.39 is 0 Å². The van der Waals surface area contributed by atoms with Crippen LogP contribution in [-0.2, 0) is 34.0 Å². The first-order valence-electron chi connectivity index (χ1n) is 13.6. The second kappa shape index (κ2) is 10.8. The average Bonchev–Trinajstić information content (AvgIpc) is 3.29. The third kappa shape index (κ3) is 5.79. The molecule has 0 spiro atoms. The number of imidazole rings is 1. The van der Waals surface area contributed by atoms with Crippen molar-refractivity contribution in [2.75, 3.05) is 6.61 Å². The molecule has 0 aliphatic heterocycles. The third-order valence-corrected chi connectivity index (χ3v) is 8.08. The molecule has 1 aliphatic carbocycles. The standard InChI is InChI=1S/C31H41BN2O3/c1-8-36-28(35)18-24(29-33-15-16-34(29)7)21-9-11-23(12-10-21)37-20-22-17-25-26(19-27(22)32-6)31(4,5)14-13-30(25,2)3/h9-12,15-17,19,24,32H,8,13-14,18,20H2,1-7H3/t24-/m0/s1. The van der Waals surface area contributed by atoms with Crippen LogP contribution in [0.4, 0.5) is 0 Å². The number of hydrogen-bond donors (Lipinski definition) is 0. The van der Waals surface area contributed by atoms with E-state index in [1.54, 1.807) is 6.20 Å². The van der Waals surface area contributed by atoms with E-state index in [4.69, 9.17) is 9.47 Å². The van der Waals surface area contributed by atoms with Gasteiger partial charge < -0.3 is 14.0 Å². The van der Waals surface area contributed by atoms with Gasteiger partial charge in [-0.15, -0.1) is 0 Å². The van der Waals surface area contributed by atoms with Gasteiger partial charge in [0.1, 0.15) is 18.2 Å². The number of nitrogens with zero attached hydrogens (tertiary/aromatic N) is 2. The van der Waals surface area contributed by atoms with Crippen molar-refractivity contribution in [1.29, 1.82) is 0 Å². The molecule has 37 heavy (non-hydrogen) atoms. The molecule has 0 radical (unpaired) electrons. The van der Waals surface area contributed by atoms with Gasteiger partial charge >= 0.3 is 5.97 Å². The molecule has 0 fully saturated rings. The number of carbonyl (C=O) groups excluding carboxylic acids is 1. The number of hydrogen-bond acceptors (Lipinski definition) is 4. The summed E-state index contributed by atoms with van der Waals surface area (Å²) in [6.07, 6.45) is 6.32. The molecule has 6 heteroatoms. The van der Waals surface area contributed by atoms with Crippen LogP contribution in [0.25, 0.3) is 0 Å². The van der Waals surface area contributed by atoms with Gasteiger partial charge in [0.05, 0.1) is 18.9 Å². The fraction of sp³-hybridized carbons (Fsp3) is 0.484. The van der Waals surface area contributed by atoms with Gasteiger partial charge in [-0.1, -0.05) is 64.2 Å². The second-order valence-electron chi connectivity index (χ2n) is 11.6. The molecule has 1 atom stereocenters. The Kier molecular flexibility index (Phi) is 7.87. The molecule has 0 unspecified atom stereocenters. The largest absolute Gasteiger partial charge is 0.489 e. The molecule has 0 N–H and O–H groups in total. The number of aromatic nitrogens is 2. The minimum absolute atomic E-state index is 0.173. The van der Waals surface area contributed by atoms with Gasteiger partial charge in [0.2, 0.25) is 0 Å². The SMILES string of the molecule is CBc1cc2c(cc1COc1ccc([C@H](CC(=O)OCC)c3nccn3C)cc1)C(C)(C)CCC2(C)C. The Morgan fingerprint density at radius 1 is 1.08 bits per heavy atom. The van der Waals surface area contributed by atoms with Crippen molar-refractivity contribution in [2.24, 2.45) is 7.05 Å². The first-order chi connectivity index (χ1) is 17.6. The van der Waals surface area contributed by atoms with Gasteiger partial charge in [-0.2, -0.15) is 0 Å². The van der Waals surface area contributed by atoms with Crippen LogP contribution in [0.1, 0.15) is 87.9 Å². The maximum Gasteiger partial charge on any atom is 0.306 e. The van der Waals surface area contributed by atoms with Crippen molar-refractivity contribution >= 4 is 18.7 Å². The Bertz CT molecular complexity index is 1240. The van der Waals surface area contributed by atoms with E-state index in [-0.39, 0.29) is 29.1 Å². The summed E-state index contributed by atoms with van der Waals surface area (Å²) in [7, 11) is 2.94. The van der Waals surface area contributed by atoms with Gasteiger partial charge in [-0.05, 0) is 65.0 Å². The summed E-state index contributed by atoms with van der Waals surface area (Å²) in [6.45, 7) is 14.4. The monoisotopic (exact) mass is 500 g/mol. The summed E-state index contributed by atoms with van der Waals surface area (Å²) >= 11 is 0. The summed E-state index contributed by atoms with van der Waals surface area (Å²) in [5.74, 6) is 1.26. The molecule has 5 nitrogen and oxygen atoms in total. The zero-order chi connectivity index (χ0) is 26.8. The van der Waals surface area contributed by atoms with E-state index >= 15 is 0 Å². The van der Waals surface area contributed by atoms with Crippen molar-refractivity contribution in [3.05, 3.63) is 76.9 Å². The van der Waals surface area contributed by atoms with E-state index in [0.717, 1.165) is 24.4 Å². The summed E-state index contributed by atoms with van der Waals surface area (Å²) in [5.41, 5.74) is 6.99. The lowest BCUT2D eigenvalue weighted by atomic mass is 9.60. The van der Waals surface area contributed by atoms with E-state index in [1.165, 1.54) is 35.0 Å². The van der Waals surface area contributed by atoms with Crippen LogP contribution in [0.3, 0.4) is 0 Å². The second-order valence-corrected chi connectivity index (χ2v) is 11.6. The summed E-state index contributed by atoms with van der Waals surface area (Å²) in [4.78, 5) is 16.8. The quantitative estimate of drug-likeness (QED) is 0.286. The molecule has 0 amide bonds. The van der Waals surface area contributed by atoms with Crippen LogP contribution in [-0.4, -0.2) is 29.4 Å². The zero-order valence-corrected chi connectivity index (χ0v) is 23.6. The lowest BCUT2D eigenvalue weighted by Gasteiger charge is -2.42. The number of aryl methyl sites for hydroxylation is 1. The zero-order valence-electron chi connectivity index (χ0n) is 23.6. The highest BCUT2D eigenvalue weighted by Crippen LogP contribution is 2.45. The van der Waals surface area contributed by atoms with Crippen LogP contribution in [0.5, 0.6) is 5.75 Å². The first kappa shape index (κ1) is 27.0. The Balaban J connectivity index is 1.55. The third-order valence-electron chi connectivity index (χ3n) is 8.08. The molecule has 0 saturated carbocycles. The molecular formula is C31H41BN2O3. The lowest BCUT2D eigenvalue weighted by Crippen LogP contribution is -2.36. The van der Waals surface area contributed by atoms with E-state index in [1.807, 2.05) is 49.0 Å². The molecule has 2 aromatic carbocycles. The predicted octanol–water partition coefficient (Wildman–Crippen LogP) is 5.54. The Labute approximate surface area is 222 Å². The molecule has 3 aromatic rings. The topological polar surface area (TPSA) is 53.4 Å². The van der Waals surface area contributed by atoms with Gasteiger partial charge in [-0.3, -0.25) is 4.79 Å². The van der Waals surface area contributed by atoms with Crippen LogP contribution >= 0.6 is 0 Å². The number of benzene rings is 2. The van der Waals surface area contributed by atoms with Crippen LogP contribution in [0.15, 0.2) is 48.8 Å².